The van der Waals surface area contributed by atoms with Gasteiger partial charge >= 0.3 is 0 Å². The van der Waals surface area contributed by atoms with E-state index in [0.717, 1.165) is 44.2 Å². The normalized spacial score (nSPS) is 27.6. The van der Waals surface area contributed by atoms with E-state index in [1.807, 2.05) is 6.07 Å². The van der Waals surface area contributed by atoms with Crippen LogP contribution in [0.15, 0.2) is 41.3 Å². The molecule has 0 amide bonds. The number of ether oxygens (including phenoxy) is 1. The van der Waals surface area contributed by atoms with Gasteiger partial charge in [0.2, 0.25) is 0 Å². The predicted octanol–water partition coefficient (Wildman–Crippen LogP) is 1.64. The standard InChI is InChI=1S/C21H25N5O2/c1-14-10-22-13-21(14,9-15-5-3-2-4-6-15)20-24-19(27)17-11-23-18(26(17)25-20)16-7-8-28-12-16/h2-6,11,14,16,22H,7-10,12-13H2,1H3,(H,24,25,27)/t14-,16?,21-/m0/s1. The first kappa shape index (κ1) is 17.6. The SMILES string of the molecule is C[C@H]1CNC[C@]1(Cc1ccccc1)c1nn2c(C3CCOC3)ncc2c(=O)[nH]1. The third kappa shape index (κ3) is 2.77. The Morgan fingerprint density at radius 1 is 1.32 bits per heavy atom. The van der Waals surface area contributed by atoms with Gasteiger partial charge in [-0.25, -0.2) is 9.50 Å². The molecule has 0 radical (unpaired) electrons. The van der Waals surface area contributed by atoms with E-state index in [0.29, 0.717) is 18.0 Å². The molecule has 0 aliphatic carbocycles. The van der Waals surface area contributed by atoms with Gasteiger partial charge in [-0.05, 0) is 30.9 Å². The van der Waals surface area contributed by atoms with Crippen LogP contribution in [-0.2, 0) is 16.6 Å². The predicted molar refractivity (Wildman–Crippen MR) is 106 cm³/mol. The molecule has 0 bridgehead atoms. The molecule has 2 aromatic heterocycles. The van der Waals surface area contributed by atoms with Gasteiger partial charge in [0.1, 0.15) is 11.6 Å². The summed E-state index contributed by atoms with van der Waals surface area (Å²) in [7, 11) is 0. The van der Waals surface area contributed by atoms with Crippen LogP contribution >= 0.6 is 0 Å². The van der Waals surface area contributed by atoms with E-state index in [2.05, 4.69) is 46.5 Å². The van der Waals surface area contributed by atoms with Gasteiger partial charge in [0.25, 0.3) is 5.56 Å². The molecule has 0 saturated carbocycles. The van der Waals surface area contributed by atoms with E-state index in [9.17, 15) is 4.79 Å². The van der Waals surface area contributed by atoms with Crippen LogP contribution < -0.4 is 10.9 Å². The molecule has 2 aliphatic heterocycles. The lowest BCUT2D eigenvalue weighted by atomic mass is 9.73. The Kier molecular flexibility index (Phi) is 4.29. The van der Waals surface area contributed by atoms with Gasteiger partial charge in [-0.3, -0.25) is 4.79 Å². The fraction of sp³-hybridized carbons (Fsp3) is 0.476. The second kappa shape index (κ2) is 6.83. The van der Waals surface area contributed by atoms with Crippen LogP contribution in [0, 0.1) is 5.92 Å². The maximum atomic E-state index is 12.9. The zero-order chi connectivity index (χ0) is 19.1. The largest absolute Gasteiger partial charge is 0.381 e. The van der Waals surface area contributed by atoms with Crippen LogP contribution in [-0.4, -0.2) is 45.9 Å². The lowest BCUT2D eigenvalue weighted by Crippen LogP contribution is -2.40. The van der Waals surface area contributed by atoms with Crippen molar-refractivity contribution in [1.82, 2.24) is 24.9 Å². The summed E-state index contributed by atoms with van der Waals surface area (Å²) in [5, 5.41) is 8.45. The number of H-pyrrole nitrogens is 1. The van der Waals surface area contributed by atoms with E-state index in [4.69, 9.17) is 9.84 Å². The number of benzene rings is 1. The lowest BCUT2D eigenvalue weighted by molar-refractivity contribution is 0.193. The van der Waals surface area contributed by atoms with Crippen molar-refractivity contribution in [3.8, 4) is 0 Å². The summed E-state index contributed by atoms with van der Waals surface area (Å²) in [5.41, 5.74) is 1.35. The third-order valence-corrected chi connectivity index (χ3v) is 6.39. The first-order valence-corrected chi connectivity index (χ1v) is 9.98. The Hall–Kier alpha value is -2.51. The second-order valence-corrected chi connectivity index (χ2v) is 8.13. The molecule has 1 aromatic carbocycles. The highest BCUT2D eigenvalue weighted by Crippen LogP contribution is 2.36. The minimum absolute atomic E-state index is 0.130. The van der Waals surface area contributed by atoms with E-state index in [1.165, 1.54) is 5.56 Å². The summed E-state index contributed by atoms with van der Waals surface area (Å²) in [5.74, 6) is 2.10. The van der Waals surface area contributed by atoms with Gasteiger partial charge in [-0.2, -0.15) is 5.10 Å². The first-order valence-electron chi connectivity index (χ1n) is 9.98. The fourth-order valence-corrected chi connectivity index (χ4v) is 4.64. The van der Waals surface area contributed by atoms with Gasteiger partial charge < -0.3 is 15.0 Å². The van der Waals surface area contributed by atoms with Crippen molar-refractivity contribution in [3.05, 3.63) is 64.1 Å². The van der Waals surface area contributed by atoms with E-state index in [-0.39, 0.29) is 16.9 Å². The molecule has 3 atom stereocenters. The summed E-state index contributed by atoms with van der Waals surface area (Å²) in [4.78, 5) is 20.5. The number of imidazole rings is 1. The van der Waals surface area contributed by atoms with Gasteiger partial charge in [0, 0.05) is 19.1 Å². The number of hydrogen-bond donors (Lipinski definition) is 2. The average Bonchev–Trinajstić information content (AvgIpc) is 3.43. The summed E-state index contributed by atoms with van der Waals surface area (Å²) in [6.45, 7) is 5.28. The Morgan fingerprint density at radius 3 is 2.89 bits per heavy atom. The number of rotatable bonds is 4. The Morgan fingerprint density at radius 2 is 2.18 bits per heavy atom. The first-order chi connectivity index (χ1) is 13.7. The van der Waals surface area contributed by atoms with Crippen molar-refractivity contribution in [2.75, 3.05) is 26.3 Å². The van der Waals surface area contributed by atoms with Crippen molar-refractivity contribution in [3.63, 3.8) is 0 Å². The highest BCUT2D eigenvalue weighted by atomic mass is 16.5. The molecule has 5 rings (SSSR count). The van der Waals surface area contributed by atoms with Crippen LogP contribution in [0.25, 0.3) is 5.52 Å². The zero-order valence-electron chi connectivity index (χ0n) is 16.0. The van der Waals surface area contributed by atoms with E-state index >= 15 is 0 Å². The number of nitrogens with one attached hydrogen (secondary N) is 2. The molecule has 2 aliphatic rings. The van der Waals surface area contributed by atoms with Crippen LogP contribution in [0.3, 0.4) is 0 Å². The monoisotopic (exact) mass is 379 g/mol. The van der Waals surface area contributed by atoms with Crippen LogP contribution in [0.2, 0.25) is 0 Å². The van der Waals surface area contributed by atoms with Crippen LogP contribution in [0.5, 0.6) is 0 Å². The molecule has 1 unspecified atom stereocenters. The summed E-state index contributed by atoms with van der Waals surface area (Å²) in [6, 6.07) is 10.4. The Labute approximate surface area is 163 Å². The van der Waals surface area contributed by atoms with Gasteiger partial charge in [0.15, 0.2) is 5.52 Å². The summed E-state index contributed by atoms with van der Waals surface area (Å²) >= 11 is 0. The molecule has 2 fully saturated rings. The zero-order valence-corrected chi connectivity index (χ0v) is 16.0. The molecule has 2 saturated heterocycles. The average molecular weight is 379 g/mol. The van der Waals surface area contributed by atoms with Crippen LogP contribution in [0.4, 0.5) is 0 Å². The number of fused-ring (bicyclic) bond motifs is 1. The Bertz CT molecular complexity index is 1040. The van der Waals surface area contributed by atoms with E-state index in [1.54, 1.807) is 10.7 Å². The highest BCUT2D eigenvalue weighted by molar-refractivity contribution is 5.43. The molecule has 2 N–H and O–H groups in total. The van der Waals surface area contributed by atoms with Gasteiger partial charge in [0.05, 0.1) is 18.2 Å². The maximum absolute atomic E-state index is 12.9. The van der Waals surface area contributed by atoms with Crippen molar-refractivity contribution in [1.29, 1.82) is 0 Å². The maximum Gasteiger partial charge on any atom is 0.276 e. The fourth-order valence-electron chi connectivity index (χ4n) is 4.64. The number of nitrogens with zero attached hydrogens (tertiary/aromatic N) is 3. The van der Waals surface area contributed by atoms with Crippen molar-refractivity contribution >= 4 is 5.52 Å². The van der Waals surface area contributed by atoms with Gasteiger partial charge in [-0.1, -0.05) is 37.3 Å². The number of hydrogen-bond acceptors (Lipinski definition) is 5. The minimum Gasteiger partial charge on any atom is -0.381 e. The van der Waals surface area contributed by atoms with E-state index < -0.39 is 0 Å². The van der Waals surface area contributed by atoms with Crippen molar-refractivity contribution < 1.29 is 4.74 Å². The highest BCUT2D eigenvalue weighted by Gasteiger charge is 2.44. The molecular weight excluding hydrogens is 354 g/mol. The second-order valence-electron chi connectivity index (χ2n) is 8.13. The third-order valence-electron chi connectivity index (χ3n) is 6.39. The molecule has 3 aromatic rings. The number of aromatic nitrogens is 4. The lowest BCUT2D eigenvalue weighted by Gasteiger charge is -2.32. The summed E-state index contributed by atoms with van der Waals surface area (Å²) < 4.78 is 7.28. The molecular formula is C21H25N5O2. The molecule has 146 valence electrons. The molecule has 0 spiro atoms. The van der Waals surface area contributed by atoms with Crippen molar-refractivity contribution in [2.45, 2.75) is 31.1 Å². The van der Waals surface area contributed by atoms with Crippen LogP contribution in [0.1, 0.15) is 36.5 Å². The van der Waals surface area contributed by atoms with Crippen molar-refractivity contribution in [2.24, 2.45) is 5.92 Å². The molecule has 7 heteroatoms. The van der Waals surface area contributed by atoms with Gasteiger partial charge in [-0.15, -0.1) is 0 Å². The smallest absolute Gasteiger partial charge is 0.276 e. The Balaban J connectivity index is 1.64. The number of aromatic amines is 1. The molecule has 7 nitrogen and oxygen atoms in total. The molecule has 28 heavy (non-hydrogen) atoms. The minimum atomic E-state index is -0.261. The summed E-state index contributed by atoms with van der Waals surface area (Å²) in [6.07, 6.45) is 3.37. The molecule has 4 heterocycles. The quantitative estimate of drug-likeness (QED) is 0.720. The topological polar surface area (TPSA) is 84.3 Å².